The SMILES string of the molecule is C[C@]12CC/C(=N/O[C@@H]3CCNC3)C[C@@H]1C(=O)C[C@@H]1[C@@H]2CC[C@]2(C)C(=O)CC[C@@H]12. The second-order valence-corrected chi connectivity index (χ2v) is 10.6. The Morgan fingerprint density at radius 2 is 1.89 bits per heavy atom. The van der Waals surface area contributed by atoms with Crippen LogP contribution in [0.25, 0.3) is 0 Å². The maximum absolute atomic E-state index is 13.3. The number of nitrogens with one attached hydrogen (secondary N) is 1. The minimum Gasteiger partial charge on any atom is -0.391 e. The molecule has 0 aromatic carbocycles. The van der Waals surface area contributed by atoms with E-state index in [2.05, 4.69) is 24.3 Å². The van der Waals surface area contributed by atoms with Crippen LogP contribution >= 0.6 is 0 Å². The van der Waals surface area contributed by atoms with Gasteiger partial charge in [0.25, 0.3) is 0 Å². The van der Waals surface area contributed by atoms with E-state index in [1.54, 1.807) is 0 Å². The fraction of sp³-hybridized carbons (Fsp3) is 0.870. The van der Waals surface area contributed by atoms with Crippen LogP contribution in [0.1, 0.15) is 71.6 Å². The van der Waals surface area contributed by atoms with Crippen molar-refractivity contribution < 1.29 is 14.4 Å². The van der Waals surface area contributed by atoms with Crippen molar-refractivity contribution in [2.24, 2.45) is 39.7 Å². The molecule has 0 aromatic heterocycles. The smallest absolute Gasteiger partial charge is 0.141 e. The van der Waals surface area contributed by atoms with Crippen LogP contribution in [-0.4, -0.2) is 36.5 Å². The zero-order valence-electron chi connectivity index (χ0n) is 17.3. The molecule has 0 aromatic rings. The summed E-state index contributed by atoms with van der Waals surface area (Å²) in [6, 6.07) is 0. The molecule has 0 amide bonds. The average molecular weight is 387 g/mol. The summed E-state index contributed by atoms with van der Waals surface area (Å²) in [7, 11) is 0. The van der Waals surface area contributed by atoms with E-state index in [-0.39, 0.29) is 22.9 Å². The molecule has 1 aliphatic heterocycles. The van der Waals surface area contributed by atoms with Gasteiger partial charge >= 0.3 is 0 Å². The summed E-state index contributed by atoms with van der Waals surface area (Å²) < 4.78 is 0. The molecule has 1 saturated heterocycles. The Morgan fingerprint density at radius 3 is 2.68 bits per heavy atom. The molecule has 4 aliphatic carbocycles. The topological polar surface area (TPSA) is 67.8 Å². The summed E-state index contributed by atoms with van der Waals surface area (Å²) >= 11 is 0. The van der Waals surface area contributed by atoms with Crippen molar-refractivity contribution in [3.63, 3.8) is 0 Å². The quantitative estimate of drug-likeness (QED) is 0.738. The van der Waals surface area contributed by atoms with Gasteiger partial charge in [0.2, 0.25) is 0 Å². The Morgan fingerprint density at radius 1 is 1.04 bits per heavy atom. The number of carbonyl (C=O) groups excluding carboxylic acids is 2. The molecule has 154 valence electrons. The van der Waals surface area contributed by atoms with E-state index in [0.29, 0.717) is 35.7 Å². The van der Waals surface area contributed by atoms with Gasteiger partial charge in [-0.25, -0.2) is 0 Å². The highest BCUT2D eigenvalue weighted by molar-refractivity contribution is 5.93. The van der Waals surface area contributed by atoms with Crippen molar-refractivity contribution in [1.29, 1.82) is 0 Å². The molecule has 0 unspecified atom stereocenters. The van der Waals surface area contributed by atoms with Gasteiger partial charge < -0.3 is 10.2 Å². The maximum atomic E-state index is 13.3. The number of carbonyl (C=O) groups is 2. The third-order valence-corrected chi connectivity index (χ3v) is 9.35. The van der Waals surface area contributed by atoms with Gasteiger partial charge in [-0.3, -0.25) is 9.59 Å². The van der Waals surface area contributed by atoms with E-state index in [0.717, 1.165) is 70.2 Å². The molecule has 4 saturated carbocycles. The predicted molar refractivity (Wildman–Crippen MR) is 107 cm³/mol. The molecule has 28 heavy (non-hydrogen) atoms. The highest BCUT2D eigenvalue weighted by Gasteiger charge is 2.62. The van der Waals surface area contributed by atoms with Gasteiger partial charge in [-0.1, -0.05) is 19.0 Å². The third-order valence-electron chi connectivity index (χ3n) is 9.35. The van der Waals surface area contributed by atoms with Crippen molar-refractivity contribution in [2.45, 2.75) is 77.7 Å². The van der Waals surface area contributed by atoms with Gasteiger partial charge in [0.1, 0.15) is 17.7 Å². The lowest BCUT2D eigenvalue weighted by molar-refractivity contribution is -0.152. The van der Waals surface area contributed by atoms with Gasteiger partial charge in [-0.15, -0.1) is 0 Å². The minimum absolute atomic E-state index is 0.0703. The van der Waals surface area contributed by atoms with Crippen molar-refractivity contribution in [2.75, 3.05) is 13.1 Å². The predicted octanol–water partition coefficient (Wildman–Crippen LogP) is 3.51. The number of ketones is 2. The van der Waals surface area contributed by atoms with E-state index >= 15 is 0 Å². The molecule has 0 bridgehead atoms. The molecular weight excluding hydrogens is 352 g/mol. The van der Waals surface area contributed by atoms with Crippen LogP contribution in [-0.2, 0) is 14.4 Å². The molecule has 5 nitrogen and oxygen atoms in total. The normalized spacial score (nSPS) is 49.6. The number of hydrogen-bond donors (Lipinski definition) is 1. The standard InChI is InChI=1S/C23H34N2O3/c1-22-8-5-14(25-28-15-7-10-24-13-15)11-19(22)20(26)12-16-17-3-4-21(27)23(17,2)9-6-18(16)22/h15-19,24H,3-13H2,1-2H3/b25-14-/t15-,16+,17+,18+,19-,22-,23+/m1/s1. The van der Waals surface area contributed by atoms with Gasteiger partial charge in [-0.2, -0.15) is 0 Å². The lowest BCUT2D eigenvalue weighted by atomic mass is 9.45. The maximum Gasteiger partial charge on any atom is 0.141 e. The fourth-order valence-electron chi connectivity index (χ4n) is 7.57. The first-order chi connectivity index (χ1) is 13.4. The van der Waals surface area contributed by atoms with Crippen LogP contribution in [0.2, 0.25) is 0 Å². The van der Waals surface area contributed by atoms with Gasteiger partial charge in [-0.05, 0) is 68.2 Å². The summed E-state index contributed by atoms with van der Waals surface area (Å²) in [6.45, 7) is 6.42. The minimum atomic E-state index is -0.158. The van der Waals surface area contributed by atoms with Crippen LogP contribution < -0.4 is 5.32 Å². The average Bonchev–Trinajstić information content (AvgIpc) is 3.29. The van der Waals surface area contributed by atoms with Crippen molar-refractivity contribution in [3.05, 3.63) is 0 Å². The molecule has 5 heteroatoms. The molecule has 1 N–H and O–H groups in total. The summed E-state index contributed by atoms with van der Waals surface area (Å²) in [4.78, 5) is 31.6. The van der Waals surface area contributed by atoms with Crippen LogP contribution in [0.3, 0.4) is 0 Å². The van der Waals surface area contributed by atoms with E-state index < -0.39 is 0 Å². The van der Waals surface area contributed by atoms with Gasteiger partial charge in [0.05, 0.1) is 5.71 Å². The molecule has 5 aliphatic rings. The molecule has 0 radical (unpaired) electrons. The number of Topliss-reactive ketones (excluding diaryl/α,β-unsaturated/α-hetero) is 2. The van der Waals surface area contributed by atoms with Crippen LogP contribution in [0.15, 0.2) is 5.16 Å². The Kier molecular flexibility index (Phi) is 4.46. The zero-order valence-corrected chi connectivity index (χ0v) is 17.3. The lowest BCUT2D eigenvalue weighted by Gasteiger charge is -2.58. The highest BCUT2D eigenvalue weighted by Crippen LogP contribution is 2.64. The Labute approximate surface area is 168 Å². The molecule has 1 heterocycles. The van der Waals surface area contributed by atoms with Crippen molar-refractivity contribution >= 4 is 17.3 Å². The summed E-state index contributed by atoms with van der Waals surface area (Å²) in [5.41, 5.74) is 0.994. The Balaban J connectivity index is 1.35. The molecular formula is C23H34N2O3. The molecule has 7 atom stereocenters. The van der Waals surface area contributed by atoms with Gasteiger partial charge in [0, 0.05) is 37.1 Å². The van der Waals surface area contributed by atoms with Gasteiger partial charge in [0.15, 0.2) is 0 Å². The van der Waals surface area contributed by atoms with Crippen molar-refractivity contribution in [3.8, 4) is 0 Å². The van der Waals surface area contributed by atoms with E-state index in [4.69, 9.17) is 4.84 Å². The Hall–Kier alpha value is -1.23. The van der Waals surface area contributed by atoms with E-state index in [9.17, 15) is 9.59 Å². The first-order valence-electron chi connectivity index (χ1n) is 11.4. The molecule has 5 fully saturated rings. The third kappa shape index (κ3) is 2.72. The number of hydrogen-bond acceptors (Lipinski definition) is 5. The van der Waals surface area contributed by atoms with Crippen LogP contribution in [0, 0.1) is 34.5 Å². The van der Waals surface area contributed by atoms with Crippen LogP contribution in [0.4, 0.5) is 0 Å². The monoisotopic (exact) mass is 386 g/mol. The number of fused-ring (bicyclic) bond motifs is 5. The lowest BCUT2D eigenvalue weighted by Crippen LogP contribution is -2.56. The summed E-state index contributed by atoms with van der Waals surface area (Å²) in [5.74, 6) is 2.38. The second kappa shape index (κ2) is 6.65. The van der Waals surface area contributed by atoms with Crippen molar-refractivity contribution in [1.82, 2.24) is 5.32 Å². The second-order valence-electron chi connectivity index (χ2n) is 10.6. The van der Waals surface area contributed by atoms with Crippen LogP contribution in [0.5, 0.6) is 0 Å². The number of nitrogens with zero attached hydrogens (tertiary/aromatic N) is 1. The first kappa shape index (κ1) is 18.8. The fourth-order valence-corrected chi connectivity index (χ4v) is 7.57. The zero-order chi connectivity index (χ0) is 19.5. The number of rotatable bonds is 2. The van der Waals surface area contributed by atoms with E-state index in [1.165, 1.54) is 0 Å². The molecule has 0 spiro atoms. The largest absolute Gasteiger partial charge is 0.391 e. The summed E-state index contributed by atoms with van der Waals surface area (Å²) in [6.07, 6.45) is 8.50. The first-order valence-corrected chi connectivity index (χ1v) is 11.4. The Bertz CT molecular complexity index is 713. The summed E-state index contributed by atoms with van der Waals surface area (Å²) in [5, 5.41) is 7.78. The highest BCUT2D eigenvalue weighted by atomic mass is 16.6. The number of oxime groups is 1. The molecule has 5 rings (SSSR count). The van der Waals surface area contributed by atoms with E-state index in [1.807, 2.05) is 0 Å².